The first-order valence-electron chi connectivity index (χ1n) is 4.21. The van der Waals surface area contributed by atoms with E-state index >= 15 is 0 Å². The molecule has 0 amide bonds. The van der Waals surface area contributed by atoms with Gasteiger partial charge >= 0.3 is 0 Å². The number of hydrogen-bond acceptors (Lipinski definition) is 3. The fraction of sp³-hybridized carbons (Fsp3) is 0.400. The molecule has 0 saturated heterocycles. The molecule has 1 aliphatic rings. The lowest BCUT2D eigenvalue weighted by molar-refractivity contribution is 0.287. The normalized spacial score (nSPS) is 17.1. The zero-order chi connectivity index (χ0) is 9.57. The van der Waals surface area contributed by atoms with Crippen LogP contribution in [-0.4, -0.2) is 23.5 Å². The van der Waals surface area contributed by atoms with E-state index in [1.54, 1.807) is 12.4 Å². The van der Waals surface area contributed by atoms with Crippen LogP contribution in [0.25, 0.3) is 0 Å². The van der Waals surface area contributed by atoms with E-state index in [1.165, 1.54) is 6.40 Å². The second kappa shape index (κ2) is 4.60. The molecular formula is C10H14N2O. The molecule has 13 heavy (non-hydrogen) atoms. The summed E-state index contributed by atoms with van der Waals surface area (Å²) in [5.41, 5.74) is 0.0417. The highest BCUT2D eigenvalue weighted by atomic mass is 16.5. The van der Waals surface area contributed by atoms with Crippen molar-refractivity contribution in [3.63, 3.8) is 0 Å². The Bertz CT molecular complexity index is 230. The van der Waals surface area contributed by atoms with Crippen LogP contribution in [0.1, 0.15) is 13.8 Å². The van der Waals surface area contributed by atoms with Gasteiger partial charge in [-0.15, -0.1) is 0 Å². The third kappa shape index (κ3) is 4.25. The predicted octanol–water partition coefficient (Wildman–Crippen LogP) is 1.91. The number of pyridine rings is 1. The molecule has 0 aromatic carbocycles. The first-order chi connectivity index (χ1) is 6.21. The van der Waals surface area contributed by atoms with Gasteiger partial charge in [-0.05, 0) is 26.0 Å². The van der Waals surface area contributed by atoms with Gasteiger partial charge in [0.15, 0.2) is 6.40 Å². The SMILES string of the molecule is CC1(C)COC=N1.c1ccncc1. The van der Waals surface area contributed by atoms with Crippen LogP contribution in [0.4, 0.5) is 0 Å². The highest BCUT2D eigenvalue weighted by Crippen LogP contribution is 2.11. The average Bonchev–Trinajstić information content (AvgIpc) is 2.54. The Hall–Kier alpha value is -1.38. The highest BCUT2D eigenvalue weighted by molar-refractivity contribution is 5.49. The van der Waals surface area contributed by atoms with E-state index in [4.69, 9.17) is 4.74 Å². The fourth-order valence-electron chi connectivity index (χ4n) is 0.771. The first-order valence-corrected chi connectivity index (χ1v) is 4.21. The number of nitrogens with zero attached hydrogens (tertiary/aromatic N) is 2. The van der Waals surface area contributed by atoms with Gasteiger partial charge < -0.3 is 4.74 Å². The predicted molar refractivity (Wildman–Crippen MR) is 52.8 cm³/mol. The van der Waals surface area contributed by atoms with Gasteiger partial charge in [-0.25, -0.2) is 4.99 Å². The van der Waals surface area contributed by atoms with Crippen molar-refractivity contribution in [2.24, 2.45) is 4.99 Å². The lowest BCUT2D eigenvalue weighted by Gasteiger charge is -2.07. The van der Waals surface area contributed by atoms with Gasteiger partial charge in [-0.3, -0.25) is 4.98 Å². The maximum absolute atomic E-state index is 4.87. The fourth-order valence-corrected chi connectivity index (χ4v) is 0.771. The largest absolute Gasteiger partial charge is 0.481 e. The van der Waals surface area contributed by atoms with Crippen molar-refractivity contribution in [1.29, 1.82) is 0 Å². The van der Waals surface area contributed by atoms with E-state index < -0.39 is 0 Å². The minimum atomic E-state index is 0.0417. The zero-order valence-electron chi connectivity index (χ0n) is 7.97. The van der Waals surface area contributed by atoms with Crippen LogP contribution >= 0.6 is 0 Å². The lowest BCUT2D eigenvalue weighted by Crippen LogP contribution is -2.17. The Labute approximate surface area is 78.5 Å². The molecule has 70 valence electrons. The van der Waals surface area contributed by atoms with E-state index in [1.807, 2.05) is 32.0 Å². The Balaban J connectivity index is 0.000000132. The molecule has 0 atom stereocenters. The molecule has 0 spiro atoms. The lowest BCUT2D eigenvalue weighted by atomic mass is 10.1. The summed E-state index contributed by atoms with van der Waals surface area (Å²) in [6, 6.07) is 5.72. The molecule has 2 rings (SSSR count). The minimum Gasteiger partial charge on any atom is -0.481 e. The van der Waals surface area contributed by atoms with Crippen molar-refractivity contribution in [1.82, 2.24) is 4.98 Å². The molecule has 0 N–H and O–H groups in total. The van der Waals surface area contributed by atoms with Gasteiger partial charge in [0.2, 0.25) is 0 Å². The molecule has 1 aliphatic heterocycles. The Kier molecular flexibility index (Phi) is 3.43. The zero-order valence-corrected chi connectivity index (χ0v) is 7.97. The smallest absolute Gasteiger partial charge is 0.170 e. The van der Waals surface area contributed by atoms with Crippen LogP contribution < -0.4 is 0 Å². The van der Waals surface area contributed by atoms with E-state index in [-0.39, 0.29) is 5.54 Å². The summed E-state index contributed by atoms with van der Waals surface area (Å²) in [4.78, 5) is 7.81. The summed E-state index contributed by atoms with van der Waals surface area (Å²) in [6.45, 7) is 4.81. The van der Waals surface area contributed by atoms with Crippen molar-refractivity contribution in [2.75, 3.05) is 6.61 Å². The van der Waals surface area contributed by atoms with Crippen molar-refractivity contribution < 1.29 is 4.74 Å². The summed E-state index contributed by atoms with van der Waals surface area (Å²) in [5, 5.41) is 0. The van der Waals surface area contributed by atoms with Crippen molar-refractivity contribution in [2.45, 2.75) is 19.4 Å². The topological polar surface area (TPSA) is 34.5 Å². The van der Waals surface area contributed by atoms with Crippen LogP contribution in [0.3, 0.4) is 0 Å². The molecule has 0 fully saturated rings. The number of aromatic nitrogens is 1. The number of ether oxygens (including phenoxy) is 1. The molecule has 3 heteroatoms. The Morgan fingerprint density at radius 1 is 1.15 bits per heavy atom. The van der Waals surface area contributed by atoms with Crippen LogP contribution in [0.2, 0.25) is 0 Å². The Morgan fingerprint density at radius 2 is 1.85 bits per heavy atom. The summed E-state index contributed by atoms with van der Waals surface area (Å²) in [5.74, 6) is 0. The molecule has 1 aromatic rings. The van der Waals surface area contributed by atoms with E-state index in [9.17, 15) is 0 Å². The number of rotatable bonds is 0. The first kappa shape index (κ1) is 9.71. The summed E-state index contributed by atoms with van der Waals surface area (Å²) < 4.78 is 4.87. The maximum Gasteiger partial charge on any atom is 0.170 e. The molecule has 0 saturated carbocycles. The molecule has 0 radical (unpaired) electrons. The number of aliphatic imine (C=N–C) groups is 1. The molecule has 1 aromatic heterocycles. The Morgan fingerprint density at radius 3 is 2.00 bits per heavy atom. The molecule has 0 unspecified atom stereocenters. The van der Waals surface area contributed by atoms with Gasteiger partial charge in [-0.1, -0.05) is 6.07 Å². The second-order valence-corrected chi connectivity index (χ2v) is 3.38. The second-order valence-electron chi connectivity index (χ2n) is 3.38. The van der Waals surface area contributed by atoms with Crippen LogP contribution in [0.15, 0.2) is 35.6 Å². The third-order valence-electron chi connectivity index (χ3n) is 1.48. The van der Waals surface area contributed by atoms with Crippen molar-refractivity contribution >= 4 is 6.40 Å². The standard InChI is InChI=1S/C5H9NO.C5H5N/c1-5(2)3-7-4-6-5;1-2-4-6-5-3-1/h4H,3H2,1-2H3;1-5H. The summed E-state index contributed by atoms with van der Waals surface area (Å²) >= 11 is 0. The minimum absolute atomic E-state index is 0.0417. The van der Waals surface area contributed by atoms with Crippen LogP contribution in [-0.2, 0) is 4.74 Å². The van der Waals surface area contributed by atoms with Gasteiger partial charge in [-0.2, -0.15) is 0 Å². The van der Waals surface area contributed by atoms with Crippen molar-refractivity contribution in [3.05, 3.63) is 30.6 Å². The maximum atomic E-state index is 4.87. The van der Waals surface area contributed by atoms with Crippen LogP contribution in [0, 0.1) is 0 Å². The summed E-state index contributed by atoms with van der Waals surface area (Å²) in [7, 11) is 0. The quantitative estimate of drug-likeness (QED) is 0.608. The molecule has 0 aliphatic carbocycles. The van der Waals surface area contributed by atoms with Crippen LogP contribution in [0.5, 0.6) is 0 Å². The van der Waals surface area contributed by atoms with E-state index in [2.05, 4.69) is 9.98 Å². The van der Waals surface area contributed by atoms with E-state index in [0.29, 0.717) is 0 Å². The van der Waals surface area contributed by atoms with Gasteiger partial charge in [0.1, 0.15) is 6.61 Å². The molecule has 0 bridgehead atoms. The van der Waals surface area contributed by atoms with Gasteiger partial charge in [0.25, 0.3) is 0 Å². The summed E-state index contributed by atoms with van der Waals surface area (Å²) in [6.07, 6.45) is 5.01. The van der Waals surface area contributed by atoms with Crippen molar-refractivity contribution in [3.8, 4) is 0 Å². The monoisotopic (exact) mass is 178 g/mol. The van der Waals surface area contributed by atoms with E-state index in [0.717, 1.165) is 6.61 Å². The number of hydrogen-bond donors (Lipinski definition) is 0. The molecule has 3 nitrogen and oxygen atoms in total. The van der Waals surface area contributed by atoms with Gasteiger partial charge in [0.05, 0.1) is 5.54 Å². The van der Waals surface area contributed by atoms with Gasteiger partial charge in [0, 0.05) is 12.4 Å². The molecule has 2 heterocycles. The average molecular weight is 178 g/mol. The highest BCUT2D eigenvalue weighted by Gasteiger charge is 2.19. The third-order valence-corrected chi connectivity index (χ3v) is 1.48. The molecular weight excluding hydrogens is 164 g/mol.